The lowest BCUT2D eigenvalue weighted by molar-refractivity contribution is 1.72. The molecule has 0 saturated carbocycles. The van der Waals surface area contributed by atoms with Gasteiger partial charge in [0.15, 0.2) is 0 Å². The van der Waals surface area contributed by atoms with E-state index in [2.05, 4.69) is 97.1 Å². The average Bonchev–Trinajstić information content (AvgIpc) is 3.44. The van der Waals surface area contributed by atoms with Crippen LogP contribution in [0.25, 0.3) is 40.3 Å². The molecular formula is C30H22S2. The summed E-state index contributed by atoms with van der Waals surface area (Å²) < 4.78 is 5.51. The third-order valence-electron chi connectivity index (χ3n) is 5.24. The van der Waals surface area contributed by atoms with Gasteiger partial charge in [-0.05, 0) is 24.3 Å². The largest absolute Gasteiger partial charge is 0.135 e. The predicted octanol–water partition coefficient (Wildman–Crippen LogP) is 9.80. The topological polar surface area (TPSA) is 0 Å². The Kier molecular flexibility index (Phi) is 6.25. The number of hydrogen-bond donors (Lipinski definition) is 0. The van der Waals surface area contributed by atoms with E-state index >= 15 is 0 Å². The summed E-state index contributed by atoms with van der Waals surface area (Å²) in [5.74, 6) is 0. The molecule has 0 bridgehead atoms. The lowest BCUT2D eigenvalue weighted by Gasteiger charge is -1.88. The summed E-state index contributed by atoms with van der Waals surface area (Å²) in [5, 5.41) is 5.51. The second-order valence-corrected chi connectivity index (χ2v) is 9.51. The van der Waals surface area contributed by atoms with Crippen molar-refractivity contribution in [2.75, 3.05) is 0 Å². The first-order valence-electron chi connectivity index (χ1n) is 10.6. The molecule has 0 unspecified atom stereocenters. The highest BCUT2D eigenvalue weighted by atomic mass is 32.1. The van der Waals surface area contributed by atoms with Crippen molar-refractivity contribution >= 4 is 63.0 Å². The summed E-state index contributed by atoms with van der Waals surface area (Å²) in [7, 11) is 0. The van der Waals surface area contributed by atoms with Crippen LogP contribution in [0.1, 0.15) is 0 Å². The van der Waals surface area contributed by atoms with Gasteiger partial charge in [0.2, 0.25) is 0 Å². The number of hydrogen-bond acceptors (Lipinski definition) is 2. The second-order valence-electron chi connectivity index (χ2n) is 7.34. The maximum atomic E-state index is 2.19. The van der Waals surface area contributed by atoms with Crippen molar-refractivity contribution in [2.45, 2.75) is 0 Å². The molecule has 2 aromatic heterocycles. The van der Waals surface area contributed by atoms with Gasteiger partial charge in [0, 0.05) is 40.3 Å². The van der Waals surface area contributed by atoms with E-state index in [1.165, 1.54) is 40.3 Å². The molecule has 2 heterocycles. The summed E-state index contributed by atoms with van der Waals surface area (Å²) in [6.45, 7) is 0. The van der Waals surface area contributed by atoms with Gasteiger partial charge in [-0.2, -0.15) is 0 Å². The third kappa shape index (κ3) is 4.43. The van der Waals surface area contributed by atoms with Gasteiger partial charge in [-0.15, -0.1) is 22.7 Å². The Labute approximate surface area is 196 Å². The molecule has 0 fully saturated rings. The highest BCUT2D eigenvalue weighted by molar-refractivity contribution is 7.26. The van der Waals surface area contributed by atoms with Crippen LogP contribution < -0.4 is 0 Å². The van der Waals surface area contributed by atoms with E-state index in [9.17, 15) is 0 Å². The number of benzene rings is 5. The summed E-state index contributed by atoms with van der Waals surface area (Å²) in [4.78, 5) is 0. The molecule has 154 valence electrons. The van der Waals surface area contributed by atoms with Crippen molar-refractivity contribution in [2.24, 2.45) is 0 Å². The fourth-order valence-electron chi connectivity index (χ4n) is 3.73. The lowest BCUT2D eigenvalue weighted by Crippen LogP contribution is -1.62. The Hall–Kier alpha value is -3.46. The van der Waals surface area contributed by atoms with Crippen LogP contribution >= 0.6 is 22.7 Å². The van der Waals surface area contributed by atoms with Crippen molar-refractivity contribution in [3.8, 4) is 0 Å². The van der Waals surface area contributed by atoms with Crippen LogP contribution in [0.3, 0.4) is 0 Å². The van der Waals surface area contributed by atoms with E-state index in [0.29, 0.717) is 0 Å². The highest BCUT2D eigenvalue weighted by Gasteiger charge is 2.02. The summed E-state index contributed by atoms with van der Waals surface area (Å²) in [5.41, 5.74) is 0. The summed E-state index contributed by atoms with van der Waals surface area (Å²) in [6, 6.07) is 46.3. The number of thiophene rings is 2. The molecule has 2 heteroatoms. The van der Waals surface area contributed by atoms with Crippen molar-refractivity contribution in [1.82, 2.24) is 0 Å². The van der Waals surface area contributed by atoms with Crippen LogP contribution in [0, 0.1) is 0 Å². The predicted molar refractivity (Wildman–Crippen MR) is 145 cm³/mol. The Morgan fingerprint density at radius 2 is 0.469 bits per heavy atom. The first kappa shape index (κ1) is 20.4. The first-order chi connectivity index (χ1) is 15.9. The zero-order valence-electron chi connectivity index (χ0n) is 17.5. The van der Waals surface area contributed by atoms with E-state index in [4.69, 9.17) is 0 Å². The second kappa shape index (κ2) is 9.78. The minimum absolute atomic E-state index is 1.38. The molecule has 0 amide bonds. The Morgan fingerprint density at radius 1 is 0.250 bits per heavy atom. The third-order valence-corrected chi connectivity index (χ3v) is 7.54. The molecule has 32 heavy (non-hydrogen) atoms. The first-order valence-corrected chi connectivity index (χ1v) is 12.3. The van der Waals surface area contributed by atoms with Gasteiger partial charge in [0.1, 0.15) is 0 Å². The molecule has 0 N–H and O–H groups in total. The van der Waals surface area contributed by atoms with Gasteiger partial charge < -0.3 is 0 Å². The lowest BCUT2D eigenvalue weighted by atomic mass is 10.2. The molecule has 0 spiro atoms. The molecule has 0 aliphatic heterocycles. The SMILES string of the molecule is c1ccc2c(c1)sc1ccccc12.c1ccc2c(c1)sc1ccccc12.c1ccccc1. The Bertz CT molecular complexity index is 1340. The molecule has 0 aliphatic rings. The van der Waals surface area contributed by atoms with Crippen LogP contribution in [0.4, 0.5) is 0 Å². The van der Waals surface area contributed by atoms with Gasteiger partial charge in [-0.25, -0.2) is 0 Å². The standard InChI is InChI=1S/2C12H8S.C6H6/c2*1-3-7-11-9(5-1)10-6-2-4-8-12(10)13-11;1-2-4-6-5-3-1/h2*1-8H;1-6H. The zero-order valence-corrected chi connectivity index (χ0v) is 19.2. The van der Waals surface area contributed by atoms with Crippen LogP contribution in [0.5, 0.6) is 0 Å². The van der Waals surface area contributed by atoms with Gasteiger partial charge in [-0.1, -0.05) is 109 Å². The van der Waals surface area contributed by atoms with Crippen LogP contribution in [0.15, 0.2) is 133 Å². The molecule has 5 aromatic carbocycles. The molecule has 0 nitrogen and oxygen atoms in total. The van der Waals surface area contributed by atoms with Crippen molar-refractivity contribution < 1.29 is 0 Å². The fraction of sp³-hybridized carbons (Fsp3) is 0. The molecular weight excluding hydrogens is 424 g/mol. The zero-order chi connectivity index (χ0) is 21.6. The van der Waals surface area contributed by atoms with E-state index in [1.807, 2.05) is 59.1 Å². The van der Waals surface area contributed by atoms with Crippen LogP contribution in [0.2, 0.25) is 0 Å². The molecule has 0 radical (unpaired) electrons. The highest BCUT2D eigenvalue weighted by Crippen LogP contribution is 2.33. The minimum atomic E-state index is 1.38. The normalized spacial score (nSPS) is 10.5. The quantitative estimate of drug-likeness (QED) is 0.217. The monoisotopic (exact) mass is 446 g/mol. The van der Waals surface area contributed by atoms with E-state index in [-0.39, 0.29) is 0 Å². The average molecular weight is 447 g/mol. The van der Waals surface area contributed by atoms with E-state index < -0.39 is 0 Å². The number of fused-ring (bicyclic) bond motifs is 6. The molecule has 0 aliphatic carbocycles. The molecule has 0 atom stereocenters. The maximum Gasteiger partial charge on any atom is 0.0355 e. The molecule has 0 saturated heterocycles. The van der Waals surface area contributed by atoms with E-state index in [0.717, 1.165) is 0 Å². The smallest absolute Gasteiger partial charge is 0.0355 e. The molecule has 7 rings (SSSR count). The van der Waals surface area contributed by atoms with Crippen molar-refractivity contribution in [1.29, 1.82) is 0 Å². The maximum absolute atomic E-state index is 2.19. The fourth-order valence-corrected chi connectivity index (χ4v) is 5.95. The van der Waals surface area contributed by atoms with E-state index in [1.54, 1.807) is 0 Å². The van der Waals surface area contributed by atoms with Gasteiger partial charge in [0.05, 0.1) is 0 Å². The van der Waals surface area contributed by atoms with Crippen LogP contribution in [-0.2, 0) is 0 Å². The van der Waals surface area contributed by atoms with Gasteiger partial charge in [0.25, 0.3) is 0 Å². The Morgan fingerprint density at radius 3 is 0.719 bits per heavy atom. The molecule has 7 aromatic rings. The number of rotatable bonds is 0. The minimum Gasteiger partial charge on any atom is -0.135 e. The summed E-state index contributed by atoms with van der Waals surface area (Å²) in [6.07, 6.45) is 0. The van der Waals surface area contributed by atoms with Gasteiger partial charge in [-0.3, -0.25) is 0 Å². The van der Waals surface area contributed by atoms with Crippen LogP contribution in [-0.4, -0.2) is 0 Å². The van der Waals surface area contributed by atoms with Crippen molar-refractivity contribution in [3.05, 3.63) is 133 Å². The van der Waals surface area contributed by atoms with Gasteiger partial charge >= 0.3 is 0 Å². The summed E-state index contributed by atoms with van der Waals surface area (Å²) >= 11 is 3.72. The van der Waals surface area contributed by atoms with Crippen molar-refractivity contribution in [3.63, 3.8) is 0 Å². The Balaban J connectivity index is 0.000000109.